The van der Waals surface area contributed by atoms with Crippen molar-refractivity contribution in [3.05, 3.63) is 102 Å². The number of halogens is 1. The van der Waals surface area contributed by atoms with Crippen molar-refractivity contribution >= 4 is 55.2 Å². The zero-order chi connectivity index (χ0) is 21.2. The molecule has 0 aliphatic heterocycles. The third-order valence-corrected chi connectivity index (χ3v) is 5.67. The Morgan fingerprint density at radius 1 is 0.516 bits per heavy atom. The molecule has 0 aliphatic rings. The van der Waals surface area contributed by atoms with Gasteiger partial charge in [-0.1, -0.05) is 72.3 Å². The number of benzene rings is 4. The van der Waals surface area contributed by atoms with Gasteiger partial charge in [0.2, 0.25) is 0 Å². The normalized spacial score (nSPS) is 10.9. The molecule has 0 bridgehead atoms. The fraction of sp³-hybridized carbons (Fsp3) is 0.0370. The number of rotatable bonds is 1. The van der Waals surface area contributed by atoms with Crippen LogP contribution in [0, 0.1) is 0 Å². The molecule has 0 atom stereocenters. The molecule has 4 heteroatoms. The number of pyridine rings is 2. The minimum Gasteiger partial charge on any atom is -0.495 e. The van der Waals surface area contributed by atoms with Crippen molar-refractivity contribution in [3.63, 3.8) is 0 Å². The first-order chi connectivity index (χ1) is 15.3. The number of fused-ring (bicyclic) bond motifs is 4. The molecule has 0 amide bonds. The van der Waals surface area contributed by atoms with Crippen LogP contribution in [0.1, 0.15) is 0 Å². The highest BCUT2D eigenvalue weighted by atomic mass is 35.5. The smallest absolute Gasteiger partial charge is 0.137 e. The van der Waals surface area contributed by atoms with Gasteiger partial charge in [0.25, 0.3) is 0 Å². The maximum atomic E-state index is 6.33. The number of ether oxygens (including phenoxy) is 1. The molecule has 0 fully saturated rings. The maximum absolute atomic E-state index is 6.33. The van der Waals surface area contributed by atoms with Crippen molar-refractivity contribution in [1.29, 1.82) is 0 Å². The number of aromatic nitrogens is 2. The molecule has 0 aliphatic carbocycles. The molecule has 0 radical (unpaired) electrons. The lowest BCUT2D eigenvalue weighted by Crippen LogP contribution is -1.90. The standard InChI is InChI=1S/C14H11NO.C13H8ClN/c1-16-14-10-6-2-4-8-12(10)15-13-9-5-3-7-11(13)14;14-13-9-5-1-3-7-11(9)15-12-8-4-2-6-10(12)13/h2-9H,1H3;1-8H. The van der Waals surface area contributed by atoms with Crippen LogP contribution >= 0.6 is 11.6 Å². The van der Waals surface area contributed by atoms with Gasteiger partial charge in [0.05, 0.1) is 34.2 Å². The molecule has 0 N–H and O–H groups in total. The monoisotopic (exact) mass is 422 g/mol. The van der Waals surface area contributed by atoms with Crippen LogP contribution in [0.4, 0.5) is 0 Å². The van der Waals surface area contributed by atoms with Crippen LogP contribution in [0.15, 0.2) is 97.1 Å². The van der Waals surface area contributed by atoms with Crippen LogP contribution in [0.3, 0.4) is 0 Å². The highest BCUT2D eigenvalue weighted by Gasteiger charge is 2.08. The average Bonchev–Trinajstić information content (AvgIpc) is 2.83. The molecule has 0 unspecified atom stereocenters. The summed E-state index contributed by atoms with van der Waals surface area (Å²) in [5.74, 6) is 0.904. The molecule has 0 saturated carbocycles. The van der Waals surface area contributed by atoms with Gasteiger partial charge in [0.1, 0.15) is 5.75 Å². The van der Waals surface area contributed by atoms with Crippen molar-refractivity contribution in [2.45, 2.75) is 0 Å². The summed E-state index contributed by atoms with van der Waals surface area (Å²) >= 11 is 6.33. The predicted octanol–water partition coefficient (Wildman–Crippen LogP) is 7.44. The largest absolute Gasteiger partial charge is 0.495 e. The van der Waals surface area contributed by atoms with E-state index in [1.807, 2.05) is 97.1 Å². The van der Waals surface area contributed by atoms with Gasteiger partial charge in [-0.2, -0.15) is 0 Å². The van der Waals surface area contributed by atoms with E-state index in [-0.39, 0.29) is 0 Å². The van der Waals surface area contributed by atoms with Crippen LogP contribution < -0.4 is 4.74 Å². The summed E-state index contributed by atoms with van der Waals surface area (Å²) in [5, 5.41) is 4.93. The van der Waals surface area contributed by atoms with E-state index in [0.29, 0.717) is 0 Å². The SMILES string of the molecule is COc1c2ccccc2nc2ccccc12.Clc1c2ccccc2nc2ccccc12. The average molecular weight is 423 g/mol. The third kappa shape index (κ3) is 3.54. The molecule has 150 valence electrons. The second kappa shape index (κ2) is 8.21. The van der Waals surface area contributed by atoms with Crippen LogP contribution in [0.2, 0.25) is 5.02 Å². The Morgan fingerprint density at radius 3 is 1.23 bits per heavy atom. The minimum atomic E-state index is 0.788. The van der Waals surface area contributed by atoms with Gasteiger partial charge in [-0.25, -0.2) is 9.97 Å². The second-order valence-electron chi connectivity index (χ2n) is 7.14. The Morgan fingerprint density at radius 2 is 0.839 bits per heavy atom. The summed E-state index contributed by atoms with van der Waals surface area (Å²) in [6.45, 7) is 0. The lowest BCUT2D eigenvalue weighted by molar-refractivity contribution is 0.424. The zero-order valence-corrected chi connectivity index (χ0v) is 17.7. The molecule has 6 rings (SSSR count). The predicted molar refractivity (Wildman–Crippen MR) is 130 cm³/mol. The van der Waals surface area contributed by atoms with E-state index in [1.54, 1.807) is 7.11 Å². The van der Waals surface area contributed by atoms with E-state index in [2.05, 4.69) is 9.97 Å². The molecule has 3 nitrogen and oxygen atoms in total. The Kier molecular flexibility index (Phi) is 5.11. The quantitative estimate of drug-likeness (QED) is 0.258. The van der Waals surface area contributed by atoms with Crippen molar-refractivity contribution in [2.24, 2.45) is 0 Å². The van der Waals surface area contributed by atoms with Crippen LogP contribution in [-0.2, 0) is 0 Å². The third-order valence-electron chi connectivity index (χ3n) is 5.26. The number of hydrogen-bond donors (Lipinski definition) is 0. The summed E-state index contributed by atoms with van der Waals surface area (Å²) in [7, 11) is 1.70. The number of hydrogen-bond acceptors (Lipinski definition) is 3. The van der Waals surface area contributed by atoms with Gasteiger partial charge in [-0.3, -0.25) is 0 Å². The Balaban J connectivity index is 0.000000132. The summed E-state index contributed by atoms with van der Waals surface area (Å²) < 4.78 is 5.50. The van der Waals surface area contributed by atoms with E-state index in [1.165, 1.54) is 0 Å². The molecule has 6 aromatic rings. The summed E-state index contributed by atoms with van der Waals surface area (Å²) in [5.41, 5.74) is 3.83. The van der Waals surface area contributed by atoms with Crippen molar-refractivity contribution < 1.29 is 4.74 Å². The van der Waals surface area contributed by atoms with Crippen molar-refractivity contribution in [3.8, 4) is 5.75 Å². The molecular formula is C27H19ClN2O. The number of para-hydroxylation sites is 4. The van der Waals surface area contributed by atoms with E-state index >= 15 is 0 Å². The van der Waals surface area contributed by atoms with Crippen LogP contribution in [0.5, 0.6) is 5.75 Å². The Hall–Kier alpha value is -3.69. The van der Waals surface area contributed by atoms with E-state index < -0.39 is 0 Å². The van der Waals surface area contributed by atoms with E-state index in [9.17, 15) is 0 Å². The van der Waals surface area contributed by atoms with Gasteiger partial charge in [0, 0.05) is 21.5 Å². The molecule has 4 aromatic carbocycles. The Labute approximate surface area is 184 Å². The van der Waals surface area contributed by atoms with Gasteiger partial charge in [-0.05, 0) is 36.4 Å². The summed E-state index contributed by atoms with van der Waals surface area (Å²) in [6, 6.07) is 31.9. The first-order valence-corrected chi connectivity index (χ1v) is 10.4. The fourth-order valence-corrected chi connectivity index (χ4v) is 4.13. The van der Waals surface area contributed by atoms with Gasteiger partial charge >= 0.3 is 0 Å². The van der Waals surface area contributed by atoms with Gasteiger partial charge < -0.3 is 4.74 Å². The second-order valence-corrected chi connectivity index (χ2v) is 7.52. The molecule has 31 heavy (non-hydrogen) atoms. The first kappa shape index (κ1) is 19.3. The minimum absolute atomic E-state index is 0.788. The van der Waals surface area contributed by atoms with Gasteiger partial charge in [-0.15, -0.1) is 0 Å². The molecule has 2 aromatic heterocycles. The molecular weight excluding hydrogens is 404 g/mol. The molecule has 2 heterocycles. The highest BCUT2D eigenvalue weighted by Crippen LogP contribution is 2.32. The fourth-order valence-electron chi connectivity index (χ4n) is 3.81. The van der Waals surface area contributed by atoms with Gasteiger partial charge in [0.15, 0.2) is 0 Å². The lowest BCUT2D eigenvalue weighted by atomic mass is 10.1. The number of nitrogens with zero attached hydrogens (tertiary/aromatic N) is 2. The molecule has 0 saturated heterocycles. The first-order valence-electron chi connectivity index (χ1n) is 10.0. The zero-order valence-electron chi connectivity index (χ0n) is 16.9. The molecule has 0 spiro atoms. The summed E-state index contributed by atoms with van der Waals surface area (Å²) in [6.07, 6.45) is 0. The van der Waals surface area contributed by atoms with Crippen LogP contribution in [0.25, 0.3) is 43.6 Å². The van der Waals surface area contributed by atoms with Crippen LogP contribution in [-0.4, -0.2) is 17.1 Å². The van der Waals surface area contributed by atoms with E-state index in [4.69, 9.17) is 16.3 Å². The number of methoxy groups -OCH3 is 1. The van der Waals surface area contributed by atoms with Crippen molar-refractivity contribution in [1.82, 2.24) is 9.97 Å². The lowest BCUT2D eigenvalue weighted by Gasteiger charge is -2.08. The Bertz CT molecular complexity index is 1440. The highest BCUT2D eigenvalue weighted by molar-refractivity contribution is 6.40. The van der Waals surface area contributed by atoms with E-state index in [0.717, 1.165) is 54.4 Å². The topological polar surface area (TPSA) is 35.0 Å². The maximum Gasteiger partial charge on any atom is 0.137 e. The van der Waals surface area contributed by atoms with Crippen molar-refractivity contribution in [2.75, 3.05) is 7.11 Å². The summed E-state index contributed by atoms with van der Waals surface area (Å²) in [4.78, 5) is 9.16.